The van der Waals surface area contributed by atoms with Crippen molar-refractivity contribution >= 4 is 11.6 Å². The minimum atomic E-state index is -0.330. The van der Waals surface area contributed by atoms with E-state index in [4.69, 9.17) is 18.9 Å². The quantitative estimate of drug-likeness (QED) is 0.508. The first-order valence-electron chi connectivity index (χ1n) is 15.6. The largest absolute Gasteiger partial charge is 0.493 e. The molecule has 7 fully saturated rings. The number of methoxy groups -OCH3 is 2. The van der Waals surface area contributed by atoms with Gasteiger partial charge < -0.3 is 24.3 Å². The molecular formula is C34H40N2O5. The van der Waals surface area contributed by atoms with Gasteiger partial charge in [0.1, 0.15) is 11.7 Å². The molecule has 1 N–H and O–H groups in total. The van der Waals surface area contributed by atoms with Crippen molar-refractivity contribution in [3.8, 4) is 11.5 Å². The molecule has 2 aliphatic heterocycles. The Balaban J connectivity index is 1.08. The topological polar surface area (TPSA) is 69.3 Å². The van der Waals surface area contributed by atoms with Crippen molar-refractivity contribution in [2.45, 2.75) is 81.3 Å². The third-order valence-corrected chi connectivity index (χ3v) is 12.5. The third kappa shape index (κ3) is 2.93. The van der Waals surface area contributed by atoms with Crippen LogP contribution in [0.3, 0.4) is 0 Å². The van der Waals surface area contributed by atoms with Gasteiger partial charge in [0.05, 0.1) is 19.8 Å². The van der Waals surface area contributed by atoms with Crippen LogP contribution in [0, 0.1) is 23.2 Å². The van der Waals surface area contributed by atoms with Gasteiger partial charge in [-0.3, -0.25) is 9.69 Å². The van der Waals surface area contributed by atoms with Crippen LogP contribution in [0.25, 0.3) is 0 Å². The Morgan fingerprint density at radius 3 is 2.56 bits per heavy atom. The minimum absolute atomic E-state index is 0.00483. The first-order chi connectivity index (χ1) is 19.9. The van der Waals surface area contributed by atoms with Gasteiger partial charge in [0.2, 0.25) is 5.91 Å². The first-order valence-corrected chi connectivity index (χ1v) is 15.6. The van der Waals surface area contributed by atoms with Gasteiger partial charge in [0.15, 0.2) is 11.5 Å². The molecule has 7 aliphatic carbocycles. The lowest BCUT2D eigenvalue weighted by Crippen LogP contribution is -2.90. The summed E-state index contributed by atoms with van der Waals surface area (Å²) in [5, 5.41) is 2.85. The zero-order valence-electron chi connectivity index (χ0n) is 24.3. The van der Waals surface area contributed by atoms with Gasteiger partial charge >= 0.3 is 0 Å². The molecule has 1 unspecified atom stereocenters. The summed E-state index contributed by atoms with van der Waals surface area (Å²) in [6.07, 6.45) is 7.51. The van der Waals surface area contributed by atoms with Gasteiger partial charge in [-0.1, -0.05) is 18.2 Å². The monoisotopic (exact) mass is 556 g/mol. The van der Waals surface area contributed by atoms with E-state index >= 15 is 0 Å². The molecule has 2 spiro atoms. The van der Waals surface area contributed by atoms with Gasteiger partial charge in [-0.05, 0) is 80.3 Å². The van der Waals surface area contributed by atoms with E-state index in [2.05, 4.69) is 34.5 Å². The lowest BCUT2D eigenvalue weighted by atomic mass is 9.27. The number of carbonyl (C=O) groups is 1. The zero-order chi connectivity index (χ0) is 27.7. The second-order valence-electron chi connectivity index (χ2n) is 14.0. The normalized spacial score (nSPS) is 40.4. The van der Waals surface area contributed by atoms with Crippen molar-refractivity contribution in [1.82, 2.24) is 4.90 Å². The number of likely N-dealkylation sites (tertiary alicyclic amines) is 1. The highest BCUT2D eigenvalue weighted by Gasteiger charge is 2.88. The number of nitrogens with one attached hydrogen (secondary N) is 1. The average Bonchev–Trinajstić information content (AvgIpc) is 3.72. The van der Waals surface area contributed by atoms with Crippen LogP contribution >= 0.6 is 0 Å². The van der Waals surface area contributed by atoms with Crippen LogP contribution in [0.2, 0.25) is 0 Å². The lowest BCUT2D eigenvalue weighted by Gasteiger charge is -2.81. The zero-order valence-corrected chi connectivity index (χ0v) is 24.3. The Morgan fingerprint density at radius 2 is 1.88 bits per heavy atom. The molecule has 7 heteroatoms. The molecule has 0 aromatic heterocycles. The van der Waals surface area contributed by atoms with E-state index in [-0.39, 0.29) is 34.5 Å². The lowest BCUT2D eigenvalue weighted by molar-refractivity contribution is -0.390. The van der Waals surface area contributed by atoms with E-state index in [1.165, 1.54) is 37.4 Å². The summed E-state index contributed by atoms with van der Waals surface area (Å²) in [5.74, 6) is 3.32. The van der Waals surface area contributed by atoms with Crippen molar-refractivity contribution in [2.75, 3.05) is 32.6 Å². The fourth-order valence-corrected chi connectivity index (χ4v) is 11.0. The summed E-state index contributed by atoms with van der Waals surface area (Å²) in [5.41, 5.74) is 4.72. The molecule has 7 nitrogen and oxygen atoms in total. The van der Waals surface area contributed by atoms with E-state index in [1.807, 2.05) is 19.2 Å². The number of nitrogens with zero attached hydrogens (tertiary/aromatic N) is 1. The van der Waals surface area contributed by atoms with Gasteiger partial charge in [0, 0.05) is 60.5 Å². The molecule has 41 heavy (non-hydrogen) atoms. The van der Waals surface area contributed by atoms with Crippen molar-refractivity contribution in [1.29, 1.82) is 0 Å². The second-order valence-corrected chi connectivity index (χ2v) is 14.0. The van der Waals surface area contributed by atoms with Gasteiger partial charge in [0.25, 0.3) is 0 Å². The third-order valence-electron chi connectivity index (χ3n) is 12.5. The fourth-order valence-electron chi connectivity index (χ4n) is 11.0. The number of rotatable bonds is 8. The molecule has 0 radical (unpaired) electrons. The van der Waals surface area contributed by atoms with Gasteiger partial charge in [-0.15, -0.1) is 0 Å². The molecule has 6 saturated carbocycles. The van der Waals surface area contributed by atoms with Crippen molar-refractivity contribution in [2.24, 2.45) is 23.2 Å². The van der Waals surface area contributed by atoms with E-state index in [1.54, 1.807) is 7.11 Å². The van der Waals surface area contributed by atoms with Gasteiger partial charge in [-0.2, -0.15) is 0 Å². The molecule has 1 saturated heterocycles. The van der Waals surface area contributed by atoms with Crippen LogP contribution in [0.15, 0.2) is 36.4 Å². The van der Waals surface area contributed by atoms with Gasteiger partial charge in [-0.25, -0.2) is 0 Å². The molecular weight excluding hydrogens is 516 g/mol. The smallest absolute Gasteiger partial charge is 0.221 e. The highest BCUT2D eigenvalue weighted by atomic mass is 16.6. The number of carbonyl (C=O) groups excluding carboxylic acids is 1. The molecule has 11 rings (SSSR count). The summed E-state index contributed by atoms with van der Waals surface area (Å²) in [7, 11) is 3.69. The van der Waals surface area contributed by atoms with Crippen LogP contribution in [0.5, 0.6) is 11.5 Å². The summed E-state index contributed by atoms with van der Waals surface area (Å²) < 4.78 is 26.5. The number of ether oxygens (including phenoxy) is 4. The predicted octanol–water partition coefficient (Wildman–Crippen LogP) is 4.70. The van der Waals surface area contributed by atoms with Crippen molar-refractivity contribution in [3.63, 3.8) is 0 Å². The van der Waals surface area contributed by atoms with Crippen LogP contribution in [-0.4, -0.2) is 62.0 Å². The van der Waals surface area contributed by atoms with Crippen LogP contribution in [-0.2, 0) is 32.7 Å². The molecule has 2 heterocycles. The molecule has 2 aromatic rings. The molecule has 2 aromatic carbocycles. The fraction of sp³-hybridized carbons (Fsp3) is 0.618. The van der Waals surface area contributed by atoms with E-state index in [0.717, 1.165) is 60.9 Å². The number of amides is 1. The van der Waals surface area contributed by atoms with Crippen LogP contribution < -0.4 is 14.8 Å². The van der Waals surface area contributed by atoms with Crippen molar-refractivity contribution in [3.05, 3.63) is 53.1 Å². The molecule has 5 atom stereocenters. The second kappa shape index (κ2) is 8.27. The highest BCUT2D eigenvalue weighted by Crippen LogP contribution is 2.82. The number of hydrogen-bond donors (Lipinski definition) is 1. The Bertz CT molecular complexity index is 1420. The summed E-state index contributed by atoms with van der Waals surface area (Å²) in [4.78, 5) is 14.3. The Hall–Kier alpha value is -2.61. The van der Waals surface area contributed by atoms with E-state index in [0.29, 0.717) is 24.5 Å². The summed E-state index contributed by atoms with van der Waals surface area (Å²) in [6.45, 7) is 4.51. The number of anilines is 1. The summed E-state index contributed by atoms with van der Waals surface area (Å²) >= 11 is 0. The molecule has 1 amide bonds. The number of hydrogen-bond acceptors (Lipinski definition) is 6. The molecule has 6 bridgehead atoms. The minimum Gasteiger partial charge on any atom is -0.493 e. The highest BCUT2D eigenvalue weighted by molar-refractivity contribution is 5.88. The predicted molar refractivity (Wildman–Crippen MR) is 153 cm³/mol. The summed E-state index contributed by atoms with van der Waals surface area (Å²) in [6, 6.07) is 13.0. The number of piperidine rings is 1. The van der Waals surface area contributed by atoms with E-state index < -0.39 is 0 Å². The Kier molecular flexibility index (Phi) is 5.03. The Morgan fingerprint density at radius 1 is 1.10 bits per heavy atom. The SMILES string of the molecule is COc1ccc2c3c1O[C@H]1C4(OC)[C@@H]5CC6(C[C@@H]4C5OCc4ccc(NC(C)=O)cc4)[C@@H](C2)N(CC2CC2)CCC316. The maximum absolute atomic E-state index is 11.4. The van der Waals surface area contributed by atoms with Crippen LogP contribution in [0.1, 0.15) is 55.7 Å². The maximum Gasteiger partial charge on any atom is 0.221 e. The molecule has 9 aliphatic rings. The van der Waals surface area contributed by atoms with E-state index in [9.17, 15) is 4.79 Å². The molecule has 216 valence electrons. The van der Waals surface area contributed by atoms with Crippen LogP contribution in [0.4, 0.5) is 5.69 Å². The number of benzene rings is 2. The average molecular weight is 557 g/mol. The standard InChI is InChI=1S/C34H40N2O5/c1-19(37)35-23-9-6-21(7-10-23)18-40-29-24-15-32-16-25(29)34(24,39-3)31-33(32)12-13-36(17-20-4-5-20)27(32)14-22-8-11-26(38-2)30(41-31)28(22)33/h6-11,20,24-25,27,29,31H,4-5,12-18H2,1-3H3,(H,35,37)/t24-,25-,27-,29?,31-,32?,33?,34?/m1/s1. The first kappa shape index (κ1) is 24.9. The maximum atomic E-state index is 11.4. The Labute approximate surface area is 241 Å². The van der Waals surface area contributed by atoms with Crippen molar-refractivity contribution < 1.29 is 23.7 Å².